The van der Waals surface area contributed by atoms with Crippen LogP contribution < -0.4 is 5.32 Å². The predicted octanol–water partition coefficient (Wildman–Crippen LogP) is 4.51. The van der Waals surface area contributed by atoms with Crippen molar-refractivity contribution in [3.8, 4) is 0 Å². The van der Waals surface area contributed by atoms with Gasteiger partial charge in [-0.2, -0.15) is 0 Å². The molecule has 1 aromatic rings. The molecule has 0 radical (unpaired) electrons. The minimum absolute atomic E-state index is 0.0740. The summed E-state index contributed by atoms with van der Waals surface area (Å²) in [5, 5.41) is 3.69. The number of nitrogens with one attached hydrogen (secondary N) is 1. The topological polar surface area (TPSA) is 21.3 Å². The van der Waals surface area contributed by atoms with Crippen molar-refractivity contribution in [2.45, 2.75) is 77.0 Å². The third kappa shape index (κ3) is 5.12. The normalized spacial score (nSPS) is 26.8. The Morgan fingerprint density at radius 1 is 1.14 bits per heavy atom. The van der Waals surface area contributed by atoms with E-state index in [1.54, 1.807) is 0 Å². The maximum atomic E-state index is 6.38. The first-order valence-corrected chi connectivity index (χ1v) is 8.45. The molecule has 3 atom stereocenters. The highest BCUT2D eigenvalue weighted by atomic mass is 16.5. The maximum Gasteiger partial charge on any atom is 0.0740 e. The molecule has 118 valence electrons. The van der Waals surface area contributed by atoms with Gasteiger partial charge in [0.15, 0.2) is 0 Å². The molecular formula is C19H31NO. The number of ether oxygens (including phenoxy) is 1. The third-order valence-electron chi connectivity index (χ3n) is 4.22. The number of hydrogen-bond acceptors (Lipinski definition) is 2. The van der Waals surface area contributed by atoms with Gasteiger partial charge in [-0.25, -0.2) is 0 Å². The summed E-state index contributed by atoms with van der Waals surface area (Å²) < 4.78 is 6.38. The van der Waals surface area contributed by atoms with Crippen molar-refractivity contribution in [3.63, 3.8) is 0 Å². The number of rotatable bonds is 5. The highest BCUT2D eigenvalue weighted by Gasteiger charge is 2.33. The van der Waals surface area contributed by atoms with E-state index in [0.29, 0.717) is 18.1 Å². The van der Waals surface area contributed by atoms with Gasteiger partial charge in [0.1, 0.15) is 0 Å². The fourth-order valence-corrected chi connectivity index (χ4v) is 3.30. The Morgan fingerprint density at radius 3 is 2.48 bits per heavy atom. The lowest BCUT2D eigenvalue weighted by atomic mass is 9.79. The monoisotopic (exact) mass is 289 g/mol. The van der Waals surface area contributed by atoms with E-state index in [2.05, 4.69) is 63.3 Å². The standard InChI is InChI=1S/C19H31NO/c1-5-13-20-17-12-11-16(15-9-7-6-8-10-15)14-18(17)21-19(2,3)4/h6-10,16-18,20H,5,11-14H2,1-4H3. The number of hydrogen-bond donors (Lipinski definition) is 1. The van der Waals surface area contributed by atoms with E-state index in [1.165, 1.54) is 24.8 Å². The molecule has 1 fully saturated rings. The lowest BCUT2D eigenvalue weighted by Crippen LogP contribution is -2.48. The minimum atomic E-state index is -0.0740. The molecule has 1 saturated carbocycles. The van der Waals surface area contributed by atoms with Crippen molar-refractivity contribution in [2.75, 3.05) is 6.54 Å². The summed E-state index contributed by atoms with van der Waals surface area (Å²) in [6.07, 6.45) is 5.09. The Balaban J connectivity index is 2.05. The second-order valence-electron chi connectivity index (χ2n) is 7.25. The van der Waals surface area contributed by atoms with E-state index < -0.39 is 0 Å². The molecule has 0 aliphatic heterocycles. The predicted molar refractivity (Wildman–Crippen MR) is 89.7 cm³/mol. The van der Waals surface area contributed by atoms with Gasteiger partial charge in [0.2, 0.25) is 0 Å². The summed E-state index contributed by atoms with van der Waals surface area (Å²) >= 11 is 0. The Morgan fingerprint density at radius 2 is 1.86 bits per heavy atom. The smallest absolute Gasteiger partial charge is 0.0740 e. The van der Waals surface area contributed by atoms with Crippen LogP contribution in [0.3, 0.4) is 0 Å². The molecule has 0 spiro atoms. The highest BCUT2D eigenvalue weighted by molar-refractivity contribution is 5.20. The van der Waals surface area contributed by atoms with Gasteiger partial charge in [-0.3, -0.25) is 0 Å². The maximum absolute atomic E-state index is 6.38. The van der Waals surface area contributed by atoms with Crippen LogP contribution in [-0.2, 0) is 4.74 Å². The average molecular weight is 289 g/mol. The van der Waals surface area contributed by atoms with Crippen LogP contribution in [0.4, 0.5) is 0 Å². The van der Waals surface area contributed by atoms with Crippen LogP contribution >= 0.6 is 0 Å². The largest absolute Gasteiger partial charge is 0.371 e. The molecule has 0 heterocycles. The van der Waals surface area contributed by atoms with E-state index in [4.69, 9.17) is 4.74 Å². The van der Waals surface area contributed by atoms with Crippen LogP contribution in [-0.4, -0.2) is 24.3 Å². The average Bonchev–Trinajstić information content (AvgIpc) is 2.45. The van der Waals surface area contributed by atoms with E-state index in [-0.39, 0.29) is 5.60 Å². The van der Waals surface area contributed by atoms with Gasteiger partial charge in [-0.15, -0.1) is 0 Å². The number of benzene rings is 1. The molecule has 2 heteroatoms. The van der Waals surface area contributed by atoms with Gasteiger partial charge in [0, 0.05) is 6.04 Å². The fraction of sp³-hybridized carbons (Fsp3) is 0.684. The van der Waals surface area contributed by atoms with Crippen LogP contribution in [0.15, 0.2) is 30.3 Å². The van der Waals surface area contributed by atoms with Crippen molar-refractivity contribution in [2.24, 2.45) is 0 Å². The van der Waals surface area contributed by atoms with Crippen molar-refractivity contribution in [1.82, 2.24) is 5.32 Å². The minimum Gasteiger partial charge on any atom is -0.371 e. The zero-order valence-electron chi connectivity index (χ0n) is 14.1. The zero-order chi connectivity index (χ0) is 15.3. The van der Waals surface area contributed by atoms with Crippen LogP contribution in [0.2, 0.25) is 0 Å². The third-order valence-corrected chi connectivity index (χ3v) is 4.22. The van der Waals surface area contributed by atoms with Crippen LogP contribution in [0.5, 0.6) is 0 Å². The fourth-order valence-electron chi connectivity index (χ4n) is 3.30. The SMILES string of the molecule is CCCNC1CCC(c2ccccc2)CC1OC(C)(C)C. The Hall–Kier alpha value is -0.860. The first kappa shape index (κ1) is 16.5. The van der Waals surface area contributed by atoms with Crippen molar-refractivity contribution >= 4 is 0 Å². The summed E-state index contributed by atoms with van der Waals surface area (Å²) in [7, 11) is 0. The Kier molecular flexibility index (Phi) is 5.83. The Bertz CT molecular complexity index is 409. The van der Waals surface area contributed by atoms with Crippen LogP contribution in [0.1, 0.15) is 64.9 Å². The summed E-state index contributed by atoms with van der Waals surface area (Å²) in [5.41, 5.74) is 1.39. The zero-order valence-corrected chi connectivity index (χ0v) is 14.1. The molecule has 1 aromatic carbocycles. The molecule has 1 aliphatic carbocycles. The lowest BCUT2D eigenvalue weighted by Gasteiger charge is -2.40. The van der Waals surface area contributed by atoms with Gasteiger partial charge in [0.25, 0.3) is 0 Å². The molecule has 2 rings (SSSR count). The summed E-state index contributed by atoms with van der Waals surface area (Å²) in [6.45, 7) is 9.80. The summed E-state index contributed by atoms with van der Waals surface area (Å²) in [4.78, 5) is 0. The lowest BCUT2D eigenvalue weighted by molar-refractivity contribution is -0.0900. The molecule has 21 heavy (non-hydrogen) atoms. The van der Waals surface area contributed by atoms with E-state index >= 15 is 0 Å². The second-order valence-corrected chi connectivity index (χ2v) is 7.25. The van der Waals surface area contributed by atoms with E-state index in [0.717, 1.165) is 13.0 Å². The molecule has 1 aliphatic rings. The summed E-state index contributed by atoms with van der Waals surface area (Å²) in [5.74, 6) is 0.637. The van der Waals surface area contributed by atoms with E-state index in [1.807, 2.05) is 0 Å². The van der Waals surface area contributed by atoms with Crippen molar-refractivity contribution in [3.05, 3.63) is 35.9 Å². The molecule has 2 nitrogen and oxygen atoms in total. The molecule has 0 aromatic heterocycles. The molecule has 3 unspecified atom stereocenters. The molecule has 0 bridgehead atoms. The van der Waals surface area contributed by atoms with Gasteiger partial charge in [0.05, 0.1) is 11.7 Å². The second kappa shape index (κ2) is 7.42. The Labute approximate surface area is 130 Å². The first-order valence-electron chi connectivity index (χ1n) is 8.45. The quantitative estimate of drug-likeness (QED) is 0.861. The molecule has 1 N–H and O–H groups in total. The highest BCUT2D eigenvalue weighted by Crippen LogP contribution is 2.35. The van der Waals surface area contributed by atoms with Gasteiger partial charge in [-0.1, -0.05) is 37.3 Å². The van der Waals surface area contributed by atoms with Crippen molar-refractivity contribution < 1.29 is 4.74 Å². The van der Waals surface area contributed by atoms with Gasteiger partial charge in [-0.05, 0) is 64.5 Å². The van der Waals surface area contributed by atoms with E-state index in [9.17, 15) is 0 Å². The van der Waals surface area contributed by atoms with Crippen molar-refractivity contribution in [1.29, 1.82) is 0 Å². The molecular weight excluding hydrogens is 258 g/mol. The first-order chi connectivity index (χ1) is 9.99. The van der Waals surface area contributed by atoms with Crippen LogP contribution in [0.25, 0.3) is 0 Å². The summed E-state index contributed by atoms with van der Waals surface area (Å²) in [6, 6.07) is 11.4. The molecule has 0 saturated heterocycles. The van der Waals surface area contributed by atoms with Crippen LogP contribution in [0, 0.1) is 0 Å². The van der Waals surface area contributed by atoms with Gasteiger partial charge < -0.3 is 10.1 Å². The molecule has 0 amide bonds. The van der Waals surface area contributed by atoms with Gasteiger partial charge >= 0.3 is 0 Å².